The Morgan fingerprint density at radius 1 is 1.25 bits per heavy atom. The third kappa shape index (κ3) is 3.75. The van der Waals surface area contributed by atoms with Gasteiger partial charge < -0.3 is 14.7 Å². The Morgan fingerprint density at radius 3 is 2.82 bits per heavy atom. The number of nitrogens with zero attached hydrogens (tertiary/aromatic N) is 4. The fourth-order valence-corrected chi connectivity index (χ4v) is 3.19. The summed E-state index contributed by atoms with van der Waals surface area (Å²) in [6.45, 7) is 3.00. The van der Waals surface area contributed by atoms with Crippen molar-refractivity contribution in [2.24, 2.45) is 0 Å². The summed E-state index contributed by atoms with van der Waals surface area (Å²) in [5, 5.41) is 6.51. The molecule has 8 heteroatoms. The molecule has 2 amide bonds. The number of fused-ring (bicyclic) bond motifs is 1. The molecular formula is C20H19N5O3. The maximum atomic E-state index is 12.6. The van der Waals surface area contributed by atoms with Crippen LogP contribution in [-0.2, 0) is 19.5 Å². The summed E-state index contributed by atoms with van der Waals surface area (Å²) in [6.07, 6.45) is 4.26. The highest BCUT2D eigenvalue weighted by molar-refractivity contribution is 6.01. The maximum absolute atomic E-state index is 12.6. The van der Waals surface area contributed by atoms with Gasteiger partial charge >= 0.3 is 0 Å². The van der Waals surface area contributed by atoms with Crippen molar-refractivity contribution in [3.05, 3.63) is 76.7 Å². The SMILES string of the molecule is Cc1nc(CNC(=O)c2ccc3c(c2)CN(CCc2ccncc2)C3=O)no1. The number of carbonyl (C=O) groups excluding carboxylic acids is 2. The molecule has 0 fully saturated rings. The lowest BCUT2D eigenvalue weighted by Gasteiger charge is -2.15. The Hall–Kier alpha value is -3.55. The summed E-state index contributed by atoms with van der Waals surface area (Å²) < 4.78 is 4.88. The van der Waals surface area contributed by atoms with Crippen molar-refractivity contribution in [1.82, 2.24) is 25.3 Å². The van der Waals surface area contributed by atoms with Crippen molar-refractivity contribution in [2.75, 3.05) is 6.54 Å². The van der Waals surface area contributed by atoms with E-state index in [0.29, 0.717) is 35.9 Å². The number of hydrogen-bond acceptors (Lipinski definition) is 6. The second kappa shape index (κ2) is 7.59. The monoisotopic (exact) mass is 377 g/mol. The highest BCUT2D eigenvalue weighted by atomic mass is 16.5. The van der Waals surface area contributed by atoms with Gasteiger partial charge in [-0.05, 0) is 47.9 Å². The van der Waals surface area contributed by atoms with Gasteiger partial charge in [-0.1, -0.05) is 5.16 Å². The van der Waals surface area contributed by atoms with E-state index in [-0.39, 0.29) is 18.4 Å². The van der Waals surface area contributed by atoms with Crippen molar-refractivity contribution in [1.29, 1.82) is 0 Å². The van der Waals surface area contributed by atoms with Crippen molar-refractivity contribution in [2.45, 2.75) is 26.4 Å². The predicted octanol–water partition coefficient (Wildman–Crippen LogP) is 1.90. The van der Waals surface area contributed by atoms with Crippen LogP contribution in [0.1, 0.15) is 43.6 Å². The molecule has 0 saturated carbocycles. The molecule has 8 nitrogen and oxygen atoms in total. The molecule has 0 spiro atoms. The van der Waals surface area contributed by atoms with Gasteiger partial charge in [-0.15, -0.1) is 0 Å². The third-order valence-electron chi connectivity index (χ3n) is 4.64. The molecule has 3 aromatic rings. The zero-order chi connectivity index (χ0) is 19.5. The summed E-state index contributed by atoms with van der Waals surface area (Å²) in [6, 6.07) is 9.05. The van der Waals surface area contributed by atoms with Gasteiger partial charge in [0.1, 0.15) is 0 Å². The van der Waals surface area contributed by atoms with Gasteiger partial charge in [-0.25, -0.2) is 0 Å². The highest BCUT2D eigenvalue weighted by Gasteiger charge is 2.27. The first-order chi connectivity index (χ1) is 13.6. The molecule has 0 saturated heterocycles. The molecular weight excluding hydrogens is 358 g/mol. The first-order valence-corrected chi connectivity index (χ1v) is 8.98. The lowest BCUT2D eigenvalue weighted by molar-refractivity contribution is 0.0780. The number of pyridine rings is 1. The predicted molar refractivity (Wildman–Crippen MR) is 99.3 cm³/mol. The number of aromatic nitrogens is 3. The topological polar surface area (TPSA) is 101 Å². The molecule has 0 atom stereocenters. The lowest BCUT2D eigenvalue weighted by Crippen LogP contribution is -2.26. The Labute approximate surface area is 161 Å². The van der Waals surface area contributed by atoms with Crippen molar-refractivity contribution in [3.8, 4) is 0 Å². The van der Waals surface area contributed by atoms with Gasteiger partial charge in [-0.3, -0.25) is 14.6 Å². The Morgan fingerprint density at radius 2 is 2.07 bits per heavy atom. The van der Waals surface area contributed by atoms with Gasteiger partial charge in [0.25, 0.3) is 11.8 Å². The zero-order valence-corrected chi connectivity index (χ0v) is 15.4. The van der Waals surface area contributed by atoms with E-state index in [1.165, 1.54) is 0 Å². The van der Waals surface area contributed by atoms with Gasteiger partial charge in [0.05, 0.1) is 6.54 Å². The Balaban J connectivity index is 1.39. The van der Waals surface area contributed by atoms with E-state index in [4.69, 9.17) is 4.52 Å². The largest absolute Gasteiger partial charge is 0.345 e. The number of hydrogen-bond donors (Lipinski definition) is 1. The average molecular weight is 377 g/mol. The molecule has 1 N–H and O–H groups in total. The van der Waals surface area contributed by atoms with Crippen LogP contribution >= 0.6 is 0 Å². The average Bonchev–Trinajstić information content (AvgIpc) is 3.28. The van der Waals surface area contributed by atoms with Crippen molar-refractivity contribution >= 4 is 11.8 Å². The Bertz CT molecular complexity index is 1020. The van der Waals surface area contributed by atoms with Gasteiger partial charge in [-0.2, -0.15) is 4.98 Å². The number of carbonyl (C=O) groups is 2. The van der Waals surface area contributed by atoms with Crippen LogP contribution in [0.3, 0.4) is 0 Å². The van der Waals surface area contributed by atoms with Crippen LogP contribution in [0, 0.1) is 6.92 Å². The summed E-state index contributed by atoms with van der Waals surface area (Å²) in [4.78, 5) is 34.8. The standard InChI is InChI=1S/C20H19N5O3/c1-13-23-18(24-28-13)11-22-19(26)15-2-3-17-16(10-15)12-25(20(17)27)9-6-14-4-7-21-8-5-14/h2-5,7-8,10H,6,9,11-12H2,1H3,(H,22,26). The fraction of sp³-hybridized carbons (Fsp3) is 0.250. The minimum atomic E-state index is -0.243. The number of nitrogens with one attached hydrogen (secondary N) is 1. The van der Waals surface area contributed by atoms with E-state index in [2.05, 4.69) is 20.4 Å². The van der Waals surface area contributed by atoms with E-state index >= 15 is 0 Å². The quantitative estimate of drug-likeness (QED) is 0.704. The molecule has 1 aliphatic rings. The van der Waals surface area contributed by atoms with Crippen molar-refractivity contribution in [3.63, 3.8) is 0 Å². The highest BCUT2D eigenvalue weighted by Crippen LogP contribution is 2.24. The fourth-order valence-electron chi connectivity index (χ4n) is 3.19. The van der Waals surface area contributed by atoms with Crippen LogP contribution in [0.2, 0.25) is 0 Å². The lowest BCUT2D eigenvalue weighted by atomic mass is 10.1. The molecule has 4 rings (SSSR count). The molecule has 3 heterocycles. The van der Waals surface area contributed by atoms with Crippen LogP contribution in [-0.4, -0.2) is 38.4 Å². The van der Waals surface area contributed by atoms with E-state index < -0.39 is 0 Å². The van der Waals surface area contributed by atoms with E-state index in [1.54, 1.807) is 42.4 Å². The minimum Gasteiger partial charge on any atom is -0.345 e. The van der Waals surface area contributed by atoms with Crippen LogP contribution < -0.4 is 5.32 Å². The summed E-state index contributed by atoms with van der Waals surface area (Å²) in [5.41, 5.74) is 3.15. The summed E-state index contributed by atoms with van der Waals surface area (Å²) in [7, 11) is 0. The second-order valence-electron chi connectivity index (χ2n) is 6.62. The number of benzene rings is 1. The first-order valence-electron chi connectivity index (χ1n) is 8.98. The number of amides is 2. The zero-order valence-electron chi connectivity index (χ0n) is 15.4. The van der Waals surface area contributed by atoms with Crippen LogP contribution in [0.15, 0.2) is 47.2 Å². The van der Waals surface area contributed by atoms with Crippen LogP contribution in [0.4, 0.5) is 0 Å². The van der Waals surface area contributed by atoms with Gasteiger partial charge in [0, 0.05) is 43.5 Å². The third-order valence-corrected chi connectivity index (χ3v) is 4.64. The molecule has 0 radical (unpaired) electrons. The van der Waals surface area contributed by atoms with Crippen molar-refractivity contribution < 1.29 is 14.1 Å². The second-order valence-corrected chi connectivity index (χ2v) is 6.62. The molecule has 0 bridgehead atoms. The summed E-state index contributed by atoms with van der Waals surface area (Å²) in [5.74, 6) is 0.628. The molecule has 28 heavy (non-hydrogen) atoms. The van der Waals surface area contributed by atoms with E-state index in [9.17, 15) is 9.59 Å². The number of rotatable bonds is 6. The smallest absolute Gasteiger partial charge is 0.254 e. The minimum absolute atomic E-state index is 0.00159. The van der Waals surface area contributed by atoms with Gasteiger partial charge in [0.2, 0.25) is 5.89 Å². The molecule has 0 unspecified atom stereocenters. The molecule has 2 aromatic heterocycles. The van der Waals surface area contributed by atoms with Gasteiger partial charge in [0.15, 0.2) is 5.82 Å². The number of aryl methyl sites for hydroxylation is 1. The molecule has 1 aliphatic heterocycles. The van der Waals surface area contributed by atoms with Crippen LogP contribution in [0.5, 0.6) is 0 Å². The normalized spacial score (nSPS) is 12.9. The maximum Gasteiger partial charge on any atom is 0.254 e. The molecule has 0 aliphatic carbocycles. The van der Waals surface area contributed by atoms with Crippen LogP contribution in [0.25, 0.3) is 0 Å². The van der Waals surface area contributed by atoms with E-state index in [1.807, 2.05) is 12.1 Å². The Kier molecular flexibility index (Phi) is 4.84. The molecule has 142 valence electrons. The molecule has 1 aromatic carbocycles. The van der Waals surface area contributed by atoms with E-state index in [0.717, 1.165) is 17.5 Å². The summed E-state index contributed by atoms with van der Waals surface area (Å²) >= 11 is 0. The first kappa shape index (κ1) is 17.8.